The fourth-order valence-electron chi connectivity index (χ4n) is 2.40. The van der Waals surface area contributed by atoms with E-state index in [4.69, 9.17) is 16.3 Å². The number of hydrogen-bond acceptors (Lipinski definition) is 7. The lowest BCUT2D eigenvalue weighted by atomic mass is 10.1. The molecule has 0 spiro atoms. The van der Waals surface area contributed by atoms with E-state index in [0.29, 0.717) is 22.7 Å². The number of carbonyl (C=O) groups is 2. The van der Waals surface area contributed by atoms with Crippen molar-refractivity contribution in [2.45, 2.75) is 0 Å². The van der Waals surface area contributed by atoms with Crippen LogP contribution >= 0.6 is 0 Å². The molecule has 142 valence electrons. The molecule has 7 N–H and O–H groups in total. The van der Waals surface area contributed by atoms with Gasteiger partial charge in [0, 0.05) is 17.1 Å². The lowest BCUT2D eigenvalue weighted by Gasteiger charge is -2.12. The van der Waals surface area contributed by atoms with Gasteiger partial charge in [0.1, 0.15) is 0 Å². The summed E-state index contributed by atoms with van der Waals surface area (Å²) in [7, 11) is 0. The minimum Gasteiger partial charge on any atom is -0.478 e. The number of nitrogen functional groups attached to an aromatic ring is 2. The van der Waals surface area contributed by atoms with Gasteiger partial charge in [-0.1, -0.05) is 0 Å². The van der Waals surface area contributed by atoms with Gasteiger partial charge in [-0.2, -0.15) is 0 Å². The molecule has 0 unspecified atom stereocenters. The Morgan fingerprint density at radius 2 is 1.39 bits per heavy atom. The maximum atomic E-state index is 12.3. The third-order valence-electron chi connectivity index (χ3n) is 3.85. The predicted molar refractivity (Wildman–Crippen MR) is 107 cm³/mol. The first-order valence-corrected chi connectivity index (χ1v) is 8.25. The minimum atomic E-state index is -1.13. The summed E-state index contributed by atoms with van der Waals surface area (Å²) in [4.78, 5) is 28.9. The van der Waals surface area contributed by atoms with Crippen molar-refractivity contribution in [2.75, 3.05) is 22.3 Å². The van der Waals surface area contributed by atoms with Gasteiger partial charge in [0.05, 0.1) is 22.5 Å². The number of rotatable bonds is 6. The van der Waals surface area contributed by atoms with E-state index in [2.05, 4.69) is 10.8 Å². The first kappa shape index (κ1) is 18.6. The lowest BCUT2D eigenvalue weighted by molar-refractivity contribution is 0.0594. The summed E-state index contributed by atoms with van der Waals surface area (Å²) in [6, 6.07) is 17.5. The standard InChI is InChI=1S/C20H18N4O4/c21-13-2-6-15(7-3-13)23-18-11-12(1-10-17(18)19(25)26)20(27)28-24-16-8-4-14(22)5-9-16/h1-11,23-24H,21-22H2,(H,25,26). The smallest absolute Gasteiger partial charge is 0.362 e. The average Bonchev–Trinajstić information content (AvgIpc) is 2.69. The molecule has 0 saturated carbocycles. The van der Waals surface area contributed by atoms with Crippen LogP contribution in [0.1, 0.15) is 20.7 Å². The number of benzene rings is 3. The second-order valence-electron chi connectivity index (χ2n) is 5.93. The van der Waals surface area contributed by atoms with E-state index in [0.717, 1.165) is 0 Å². The highest BCUT2D eigenvalue weighted by molar-refractivity contribution is 5.99. The van der Waals surface area contributed by atoms with E-state index in [1.165, 1.54) is 18.2 Å². The van der Waals surface area contributed by atoms with Crippen LogP contribution in [0.2, 0.25) is 0 Å². The molecule has 8 heteroatoms. The summed E-state index contributed by atoms with van der Waals surface area (Å²) in [6.45, 7) is 0. The Morgan fingerprint density at radius 1 is 0.821 bits per heavy atom. The molecule has 28 heavy (non-hydrogen) atoms. The Kier molecular flexibility index (Phi) is 5.31. The maximum absolute atomic E-state index is 12.3. The Hall–Kier alpha value is -4.20. The number of carbonyl (C=O) groups excluding carboxylic acids is 1. The summed E-state index contributed by atoms with van der Waals surface area (Å²) >= 11 is 0. The normalized spacial score (nSPS) is 10.1. The van der Waals surface area contributed by atoms with Gasteiger partial charge in [-0.3, -0.25) is 0 Å². The first-order chi connectivity index (χ1) is 13.4. The number of nitrogens with one attached hydrogen (secondary N) is 2. The molecule has 0 amide bonds. The Labute approximate surface area is 160 Å². The fourth-order valence-corrected chi connectivity index (χ4v) is 2.40. The van der Waals surface area contributed by atoms with Crippen LogP contribution in [0.15, 0.2) is 66.7 Å². The third kappa shape index (κ3) is 4.50. The number of nitrogens with two attached hydrogens (primary N) is 2. The molecule has 8 nitrogen and oxygen atoms in total. The van der Waals surface area contributed by atoms with E-state index in [1.807, 2.05) is 0 Å². The van der Waals surface area contributed by atoms with Crippen molar-refractivity contribution in [3.63, 3.8) is 0 Å². The summed E-state index contributed by atoms with van der Waals surface area (Å²) in [5, 5.41) is 12.4. The number of aromatic carboxylic acids is 1. The van der Waals surface area contributed by atoms with E-state index in [-0.39, 0.29) is 16.8 Å². The van der Waals surface area contributed by atoms with Crippen LogP contribution in [0.25, 0.3) is 0 Å². The van der Waals surface area contributed by atoms with Crippen molar-refractivity contribution < 1.29 is 19.5 Å². The molecule has 0 heterocycles. The number of anilines is 5. The Balaban J connectivity index is 1.79. The van der Waals surface area contributed by atoms with Crippen LogP contribution in [0.5, 0.6) is 0 Å². The van der Waals surface area contributed by atoms with Crippen molar-refractivity contribution in [1.29, 1.82) is 0 Å². The zero-order valence-corrected chi connectivity index (χ0v) is 14.7. The average molecular weight is 378 g/mol. The molecule has 3 aromatic carbocycles. The van der Waals surface area contributed by atoms with Crippen molar-refractivity contribution in [1.82, 2.24) is 0 Å². The van der Waals surface area contributed by atoms with Crippen LogP contribution in [0.4, 0.5) is 28.4 Å². The van der Waals surface area contributed by atoms with Crippen molar-refractivity contribution in [2.24, 2.45) is 0 Å². The molecule has 0 bridgehead atoms. The minimum absolute atomic E-state index is 0.0138. The zero-order valence-electron chi connectivity index (χ0n) is 14.7. The summed E-state index contributed by atoms with van der Waals surface area (Å²) in [6.07, 6.45) is 0. The molecule has 0 fully saturated rings. The highest BCUT2D eigenvalue weighted by Gasteiger charge is 2.15. The van der Waals surface area contributed by atoms with E-state index >= 15 is 0 Å². The topological polar surface area (TPSA) is 140 Å². The molecule has 0 aromatic heterocycles. The largest absolute Gasteiger partial charge is 0.478 e. The molecule has 0 saturated heterocycles. The quantitative estimate of drug-likeness (QED) is 0.324. The molecule has 3 rings (SSSR count). The highest BCUT2D eigenvalue weighted by atomic mass is 16.7. The van der Waals surface area contributed by atoms with Gasteiger partial charge in [-0.05, 0) is 66.7 Å². The van der Waals surface area contributed by atoms with Crippen molar-refractivity contribution in [3.8, 4) is 0 Å². The van der Waals surface area contributed by atoms with Gasteiger partial charge < -0.3 is 26.7 Å². The Bertz CT molecular complexity index is 1000. The monoisotopic (exact) mass is 378 g/mol. The molecule has 3 aromatic rings. The van der Waals surface area contributed by atoms with Gasteiger partial charge in [0.15, 0.2) is 0 Å². The van der Waals surface area contributed by atoms with Gasteiger partial charge >= 0.3 is 11.9 Å². The van der Waals surface area contributed by atoms with Crippen molar-refractivity contribution >= 4 is 40.4 Å². The molecular weight excluding hydrogens is 360 g/mol. The van der Waals surface area contributed by atoms with Crippen molar-refractivity contribution in [3.05, 3.63) is 77.9 Å². The first-order valence-electron chi connectivity index (χ1n) is 8.25. The van der Waals surface area contributed by atoms with E-state index in [9.17, 15) is 14.7 Å². The molecule has 0 atom stereocenters. The molecular formula is C20H18N4O4. The zero-order chi connectivity index (χ0) is 20.1. The number of hydrogen-bond donors (Lipinski definition) is 5. The predicted octanol–water partition coefficient (Wildman–Crippen LogP) is 3.48. The molecule has 0 aliphatic carbocycles. The lowest BCUT2D eigenvalue weighted by Crippen LogP contribution is -2.12. The molecule has 0 radical (unpaired) electrons. The van der Waals surface area contributed by atoms with E-state index < -0.39 is 11.9 Å². The van der Waals surface area contributed by atoms with Gasteiger partial charge in [-0.15, -0.1) is 0 Å². The summed E-state index contributed by atoms with van der Waals surface area (Å²) in [5.41, 5.74) is 16.6. The fraction of sp³-hybridized carbons (Fsp3) is 0. The maximum Gasteiger partial charge on any atom is 0.362 e. The molecule has 0 aliphatic rings. The highest BCUT2D eigenvalue weighted by Crippen LogP contribution is 2.24. The number of carboxylic acid groups (broad SMARTS) is 1. The summed E-state index contributed by atoms with van der Waals surface area (Å²) < 4.78 is 0. The van der Waals surface area contributed by atoms with Crippen LogP contribution < -0.4 is 22.3 Å². The second kappa shape index (κ2) is 8.00. The van der Waals surface area contributed by atoms with Gasteiger partial charge in [0.25, 0.3) is 0 Å². The summed E-state index contributed by atoms with van der Waals surface area (Å²) in [5.74, 6) is -1.80. The molecule has 0 aliphatic heterocycles. The Morgan fingerprint density at radius 3 is 1.96 bits per heavy atom. The van der Waals surface area contributed by atoms with Crippen LogP contribution in [0, 0.1) is 0 Å². The second-order valence-corrected chi connectivity index (χ2v) is 5.93. The third-order valence-corrected chi connectivity index (χ3v) is 3.85. The number of carboxylic acids is 1. The SMILES string of the molecule is Nc1ccc(NOC(=O)c2ccc(C(=O)O)c(Nc3ccc(N)cc3)c2)cc1. The van der Waals surface area contributed by atoms with Crippen LogP contribution in [-0.2, 0) is 4.84 Å². The van der Waals surface area contributed by atoms with Crippen LogP contribution in [-0.4, -0.2) is 17.0 Å². The van der Waals surface area contributed by atoms with Gasteiger partial charge in [-0.25, -0.2) is 15.1 Å². The van der Waals surface area contributed by atoms with E-state index in [1.54, 1.807) is 48.5 Å². The van der Waals surface area contributed by atoms with Crippen LogP contribution in [0.3, 0.4) is 0 Å². The van der Waals surface area contributed by atoms with Gasteiger partial charge in [0.2, 0.25) is 0 Å².